The zero-order chi connectivity index (χ0) is 23.8. The Balaban J connectivity index is 1.36. The highest BCUT2D eigenvalue weighted by atomic mass is 19.1. The van der Waals surface area contributed by atoms with Crippen LogP contribution in [0.2, 0.25) is 0 Å². The van der Waals surface area contributed by atoms with E-state index in [-0.39, 0.29) is 17.7 Å². The molecule has 1 aromatic heterocycles. The molecule has 0 unspecified atom stereocenters. The third-order valence-electron chi connectivity index (χ3n) is 5.18. The molecule has 0 aliphatic carbocycles. The van der Waals surface area contributed by atoms with Crippen molar-refractivity contribution < 1.29 is 13.9 Å². The fraction of sp³-hybridized carbons (Fsp3) is 0.240. The van der Waals surface area contributed by atoms with Gasteiger partial charge in [-0.15, -0.1) is 0 Å². The van der Waals surface area contributed by atoms with Crippen molar-refractivity contribution in [3.05, 3.63) is 78.3 Å². The van der Waals surface area contributed by atoms with Crippen LogP contribution in [0, 0.1) is 12.7 Å². The Hall–Kier alpha value is -3.82. The van der Waals surface area contributed by atoms with Crippen molar-refractivity contribution in [2.24, 2.45) is 0 Å². The molecule has 176 valence electrons. The first-order chi connectivity index (χ1) is 16.5. The van der Waals surface area contributed by atoms with E-state index < -0.39 is 5.82 Å². The number of nitrogens with one attached hydrogen (secondary N) is 3. The maximum absolute atomic E-state index is 14.2. The van der Waals surface area contributed by atoms with Crippen LogP contribution in [0.5, 0.6) is 0 Å². The summed E-state index contributed by atoms with van der Waals surface area (Å²) in [6, 6.07) is 14.7. The number of hydrogen-bond donors (Lipinski definition) is 3. The molecule has 1 aliphatic heterocycles. The molecule has 0 radical (unpaired) electrons. The largest absolute Gasteiger partial charge is 0.379 e. The lowest BCUT2D eigenvalue weighted by Crippen LogP contribution is -2.36. The lowest BCUT2D eigenvalue weighted by atomic mass is 10.2. The number of aromatic nitrogens is 2. The van der Waals surface area contributed by atoms with Crippen LogP contribution in [-0.2, 0) is 9.53 Å². The lowest BCUT2D eigenvalue weighted by molar-refractivity contribution is -0.111. The smallest absolute Gasteiger partial charge is 0.248 e. The summed E-state index contributed by atoms with van der Waals surface area (Å²) in [5.41, 5.74) is 3.10. The molecule has 9 heteroatoms. The molecule has 0 saturated carbocycles. The fourth-order valence-electron chi connectivity index (χ4n) is 3.37. The van der Waals surface area contributed by atoms with Crippen LogP contribution < -0.4 is 16.0 Å². The molecule has 8 nitrogen and oxygen atoms in total. The molecule has 1 amide bonds. The van der Waals surface area contributed by atoms with Crippen molar-refractivity contribution in [3.63, 3.8) is 0 Å². The summed E-state index contributed by atoms with van der Waals surface area (Å²) in [7, 11) is 0. The molecule has 4 rings (SSSR count). The minimum atomic E-state index is -0.559. The van der Waals surface area contributed by atoms with Crippen LogP contribution in [0.1, 0.15) is 5.56 Å². The van der Waals surface area contributed by atoms with E-state index >= 15 is 0 Å². The second-order valence-electron chi connectivity index (χ2n) is 7.89. The van der Waals surface area contributed by atoms with E-state index in [2.05, 4.69) is 30.8 Å². The minimum Gasteiger partial charge on any atom is -0.379 e. The second-order valence-corrected chi connectivity index (χ2v) is 7.89. The highest BCUT2D eigenvalue weighted by molar-refractivity contribution is 5.99. The van der Waals surface area contributed by atoms with Gasteiger partial charge >= 0.3 is 0 Å². The van der Waals surface area contributed by atoms with Gasteiger partial charge in [-0.25, -0.2) is 9.37 Å². The van der Waals surface area contributed by atoms with E-state index in [1.807, 2.05) is 43.3 Å². The normalized spacial score (nSPS) is 14.2. The summed E-state index contributed by atoms with van der Waals surface area (Å²) in [6.45, 7) is 5.87. The third kappa shape index (κ3) is 6.84. The van der Waals surface area contributed by atoms with Gasteiger partial charge < -0.3 is 20.7 Å². The van der Waals surface area contributed by atoms with E-state index in [4.69, 9.17) is 4.74 Å². The molecule has 34 heavy (non-hydrogen) atoms. The number of anilines is 5. The van der Waals surface area contributed by atoms with Crippen molar-refractivity contribution in [1.82, 2.24) is 14.9 Å². The van der Waals surface area contributed by atoms with E-state index in [1.165, 1.54) is 6.08 Å². The maximum atomic E-state index is 14.2. The van der Waals surface area contributed by atoms with Gasteiger partial charge in [0, 0.05) is 42.8 Å². The Morgan fingerprint density at radius 3 is 2.65 bits per heavy atom. The lowest BCUT2D eigenvalue weighted by Gasteiger charge is -2.25. The molecule has 2 aromatic carbocycles. The first-order valence-electron chi connectivity index (χ1n) is 11.1. The fourth-order valence-corrected chi connectivity index (χ4v) is 3.37. The summed E-state index contributed by atoms with van der Waals surface area (Å²) >= 11 is 0. The van der Waals surface area contributed by atoms with E-state index in [0.717, 1.165) is 43.8 Å². The number of aryl methyl sites for hydroxylation is 1. The molecule has 2 heterocycles. The number of halogens is 1. The third-order valence-corrected chi connectivity index (χ3v) is 5.18. The highest BCUT2D eigenvalue weighted by Gasteiger charge is 2.10. The maximum Gasteiger partial charge on any atom is 0.248 e. The number of hydrogen-bond acceptors (Lipinski definition) is 7. The molecular weight excluding hydrogens is 435 g/mol. The number of amides is 1. The molecule has 3 aromatic rings. The van der Waals surface area contributed by atoms with E-state index in [1.54, 1.807) is 18.2 Å². The summed E-state index contributed by atoms with van der Waals surface area (Å²) < 4.78 is 19.5. The first kappa shape index (κ1) is 23.3. The zero-order valence-corrected chi connectivity index (χ0v) is 18.9. The number of carbonyl (C=O) groups is 1. The highest BCUT2D eigenvalue weighted by Crippen LogP contribution is 2.22. The average Bonchev–Trinajstić information content (AvgIpc) is 2.83. The van der Waals surface area contributed by atoms with Crippen LogP contribution >= 0.6 is 0 Å². The molecule has 0 spiro atoms. The predicted octanol–water partition coefficient (Wildman–Crippen LogP) is 4.24. The number of ether oxygens (including phenoxy) is 1. The SMILES string of the molecule is Cc1ccc(Nc2nc(Nc3cccc(NC(=O)/C=C/CN4CCOCC4)c3)ncc2F)cc1. The first-order valence-corrected chi connectivity index (χ1v) is 11.1. The number of rotatable bonds is 8. The number of benzene rings is 2. The zero-order valence-electron chi connectivity index (χ0n) is 18.9. The van der Waals surface area contributed by atoms with Crippen LogP contribution in [0.25, 0.3) is 0 Å². The van der Waals surface area contributed by atoms with Crippen molar-refractivity contribution in [3.8, 4) is 0 Å². The molecule has 0 bridgehead atoms. The van der Waals surface area contributed by atoms with Crippen molar-refractivity contribution >= 4 is 34.7 Å². The topological polar surface area (TPSA) is 91.4 Å². The summed E-state index contributed by atoms with van der Waals surface area (Å²) in [4.78, 5) is 22.7. The van der Waals surface area contributed by atoms with Crippen LogP contribution in [0.15, 0.2) is 66.9 Å². The van der Waals surface area contributed by atoms with Gasteiger partial charge in [-0.05, 0) is 37.3 Å². The Bertz CT molecular complexity index is 1150. The minimum absolute atomic E-state index is 0.0659. The van der Waals surface area contributed by atoms with Gasteiger partial charge in [0.25, 0.3) is 0 Å². The summed E-state index contributed by atoms with van der Waals surface area (Å²) in [5.74, 6) is -0.481. The molecule has 3 N–H and O–H groups in total. The molecule has 1 fully saturated rings. The van der Waals surface area contributed by atoms with Gasteiger partial charge in [0.05, 0.1) is 19.4 Å². The predicted molar refractivity (Wildman–Crippen MR) is 131 cm³/mol. The molecule has 0 atom stereocenters. The van der Waals surface area contributed by atoms with Crippen molar-refractivity contribution in [2.75, 3.05) is 48.8 Å². The van der Waals surface area contributed by atoms with E-state index in [0.29, 0.717) is 17.9 Å². The van der Waals surface area contributed by atoms with Gasteiger partial charge in [0.2, 0.25) is 11.9 Å². The summed E-state index contributed by atoms with van der Waals surface area (Å²) in [5, 5.41) is 8.86. The van der Waals surface area contributed by atoms with Gasteiger partial charge in [0.15, 0.2) is 11.6 Å². The van der Waals surface area contributed by atoms with Gasteiger partial charge in [-0.1, -0.05) is 29.8 Å². The molecule has 1 aliphatic rings. The van der Waals surface area contributed by atoms with Crippen LogP contribution in [-0.4, -0.2) is 53.6 Å². The Morgan fingerprint density at radius 2 is 1.85 bits per heavy atom. The Morgan fingerprint density at radius 1 is 1.09 bits per heavy atom. The molecular formula is C25H27FN6O2. The molecule has 1 saturated heterocycles. The van der Waals surface area contributed by atoms with Crippen LogP contribution in [0.3, 0.4) is 0 Å². The quantitative estimate of drug-likeness (QED) is 0.431. The number of carbonyl (C=O) groups excluding carboxylic acids is 1. The summed E-state index contributed by atoms with van der Waals surface area (Å²) in [6.07, 6.45) is 4.48. The van der Waals surface area contributed by atoms with Crippen molar-refractivity contribution in [1.29, 1.82) is 0 Å². The monoisotopic (exact) mass is 462 g/mol. The standard InChI is InChI=1S/C25H27FN6O2/c1-18-7-9-19(10-8-18)29-24-22(26)17-27-25(31-24)30-21-5-2-4-20(16-21)28-23(33)6-3-11-32-12-14-34-15-13-32/h2-10,16-17H,11-15H2,1H3,(H,28,33)(H2,27,29,30,31)/b6-3+. The number of nitrogens with zero attached hydrogens (tertiary/aromatic N) is 3. The second kappa shape index (κ2) is 11.4. The van der Waals surface area contributed by atoms with Gasteiger partial charge in [-0.2, -0.15) is 4.98 Å². The van der Waals surface area contributed by atoms with Crippen LogP contribution in [0.4, 0.5) is 33.2 Å². The average molecular weight is 463 g/mol. The van der Waals surface area contributed by atoms with Gasteiger partial charge in [0.1, 0.15) is 0 Å². The van der Waals surface area contributed by atoms with Gasteiger partial charge in [-0.3, -0.25) is 9.69 Å². The Labute approximate surface area is 197 Å². The Kier molecular flexibility index (Phi) is 7.79. The van der Waals surface area contributed by atoms with Crippen molar-refractivity contribution in [2.45, 2.75) is 6.92 Å². The van der Waals surface area contributed by atoms with E-state index in [9.17, 15) is 9.18 Å². The number of morpholine rings is 1.